The molecule has 18 heavy (non-hydrogen) atoms. The Labute approximate surface area is 103 Å². The molecule has 2 heterocycles. The van der Waals surface area contributed by atoms with E-state index in [-0.39, 0.29) is 11.6 Å². The maximum atomic E-state index is 13.8. The van der Waals surface area contributed by atoms with Gasteiger partial charge < -0.3 is 5.11 Å². The standard InChI is InChI=1S/C13H14F3NO/c14-9-4-3-8(11(15)12(9)16)13(18)5-7-17-6-1-2-10(13)17/h3-4,10,18H,1-2,5-7H2. The van der Waals surface area contributed by atoms with E-state index in [4.69, 9.17) is 0 Å². The van der Waals surface area contributed by atoms with E-state index < -0.39 is 23.1 Å². The second-order valence-electron chi connectivity index (χ2n) is 5.09. The molecule has 0 bridgehead atoms. The van der Waals surface area contributed by atoms with Crippen LogP contribution < -0.4 is 0 Å². The number of hydrogen-bond acceptors (Lipinski definition) is 2. The molecule has 98 valence electrons. The van der Waals surface area contributed by atoms with E-state index in [9.17, 15) is 18.3 Å². The molecule has 0 spiro atoms. The van der Waals surface area contributed by atoms with Gasteiger partial charge in [0.1, 0.15) is 5.60 Å². The number of hydrogen-bond donors (Lipinski definition) is 1. The fraction of sp³-hybridized carbons (Fsp3) is 0.538. The van der Waals surface area contributed by atoms with Crippen molar-refractivity contribution in [1.82, 2.24) is 4.90 Å². The molecule has 2 atom stereocenters. The number of benzene rings is 1. The van der Waals surface area contributed by atoms with Crippen LogP contribution in [0.3, 0.4) is 0 Å². The molecule has 0 amide bonds. The molecule has 2 fully saturated rings. The van der Waals surface area contributed by atoms with Crippen molar-refractivity contribution in [2.45, 2.75) is 30.9 Å². The zero-order valence-corrected chi connectivity index (χ0v) is 9.80. The van der Waals surface area contributed by atoms with E-state index >= 15 is 0 Å². The van der Waals surface area contributed by atoms with Crippen molar-refractivity contribution in [3.05, 3.63) is 35.1 Å². The fourth-order valence-electron chi connectivity index (χ4n) is 3.29. The second kappa shape index (κ2) is 3.96. The van der Waals surface area contributed by atoms with Crippen molar-refractivity contribution in [3.63, 3.8) is 0 Å². The topological polar surface area (TPSA) is 23.5 Å². The average molecular weight is 257 g/mol. The number of aliphatic hydroxyl groups is 1. The summed E-state index contributed by atoms with van der Waals surface area (Å²) in [4.78, 5) is 2.08. The maximum Gasteiger partial charge on any atom is 0.194 e. The van der Waals surface area contributed by atoms with Gasteiger partial charge in [-0.05, 0) is 31.9 Å². The van der Waals surface area contributed by atoms with Crippen LogP contribution in [0.2, 0.25) is 0 Å². The zero-order chi connectivity index (χ0) is 12.9. The molecule has 1 aromatic rings. The van der Waals surface area contributed by atoms with Crippen molar-refractivity contribution in [2.75, 3.05) is 13.1 Å². The van der Waals surface area contributed by atoms with Gasteiger partial charge in [0, 0.05) is 18.2 Å². The first-order chi connectivity index (χ1) is 8.54. The van der Waals surface area contributed by atoms with Gasteiger partial charge in [0.05, 0.1) is 0 Å². The summed E-state index contributed by atoms with van der Waals surface area (Å²) in [7, 11) is 0. The van der Waals surface area contributed by atoms with Crippen LogP contribution in [0.4, 0.5) is 13.2 Å². The first-order valence-corrected chi connectivity index (χ1v) is 6.14. The van der Waals surface area contributed by atoms with E-state index in [1.807, 2.05) is 0 Å². The Balaban J connectivity index is 2.07. The van der Waals surface area contributed by atoms with Crippen molar-refractivity contribution in [3.8, 4) is 0 Å². The molecular weight excluding hydrogens is 243 g/mol. The normalized spacial score (nSPS) is 31.9. The zero-order valence-electron chi connectivity index (χ0n) is 9.80. The van der Waals surface area contributed by atoms with Crippen LogP contribution in [-0.4, -0.2) is 29.1 Å². The van der Waals surface area contributed by atoms with E-state index in [0.717, 1.165) is 31.5 Å². The fourth-order valence-corrected chi connectivity index (χ4v) is 3.29. The Hall–Kier alpha value is -1.07. The minimum Gasteiger partial charge on any atom is -0.383 e. The predicted molar refractivity (Wildman–Crippen MR) is 59.4 cm³/mol. The lowest BCUT2D eigenvalue weighted by Crippen LogP contribution is -2.39. The molecular formula is C13H14F3NO. The summed E-state index contributed by atoms with van der Waals surface area (Å²) in [5, 5.41) is 10.7. The van der Waals surface area contributed by atoms with Gasteiger partial charge in [-0.15, -0.1) is 0 Å². The van der Waals surface area contributed by atoms with Crippen LogP contribution in [0.1, 0.15) is 24.8 Å². The van der Waals surface area contributed by atoms with Gasteiger partial charge in [-0.25, -0.2) is 13.2 Å². The average Bonchev–Trinajstić information content (AvgIpc) is 2.92. The van der Waals surface area contributed by atoms with Crippen LogP contribution in [0.5, 0.6) is 0 Å². The van der Waals surface area contributed by atoms with Gasteiger partial charge in [-0.1, -0.05) is 6.07 Å². The lowest BCUT2D eigenvalue weighted by molar-refractivity contribution is 0.00549. The van der Waals surface area contributed by atoms with Crippen molar-refractivity contribution < 1.29 is 18.3 Å². The Morgan fingerprint density at radius 2 is 1.94 bits per heavy atom. The smallest absolute Gasteiger partial charge is 0.194 e. The van der Waals surface area contributed by atoms with Crippen LogP contribution in [-0.2, 0) is 5.60 Å². The molecule has 5 heteroatoms. The molecule has 2 aliphatic heterocycles. The molecule has 0 aromatic heterocycles. The summed E-state index contributed by atoms with van der Waals surface area (Å²) in [5.74, 6) is -3.98. The Kier molecular flexibility index (Phi) is 2.64. The van der Waals surface area contributed by atoms with Crippen molar-refractivity contribution in [2.24, 2.45) is 0 Å². The number of fused-ring (bicyclic) bond motifs is 1. The van der Waals surface area contributed by atoms with Crippen LogP contribution in [0.15, 0.2) is 12.1 Å². The summed E-state index contributed by atoms with van der Waals surface area (Å²) >= 11 is 0. The van der Waals surface area contributed by atoms with Crippen LogP contribution in [0.25, 0.3) is 0 Å². The monoisotopic (exact) mass is 257 g/mol. The first kappa shape index (κ1) is 12.0. The molecule has 1 N–H and O–H groups in total. The summed E-state index contributed by atoms with van der Waals surface area (Å²) in [5.41, 5.74) is -1.51. The number of rotatable bonds is 1. The third kappa shape index (κ3) is 1.50. The highest BCUT2D eigenvalue weighted by Crippen LogP contribution is 2.44. The van der Waals surface area contributed by atoms with Crippen molar-refractivity contribution in [1.29, 1.82) is 0 Å². The molecule has 2 saturated heterocycles. The molecule has 0 radical (unpaired) electrons. The summed E-state index contributed by atoms with van der Waals surface area (Å²) < 4.78 is 40.0. The molecule has 0 aliphatic carbocycles. The highest BCUT2D eigenvalue weighted by atomic mass is 19.2. The minimum atomic E-state index is -1.50. The van der Waals surface area contributed by atoms with Gasteiger partial charge in [0.15, 0.2) is 17.5 Å². The largest absolute Gasteiger partial charge is 0.383 e. The predicted octanol–water partition coefficient (Wildman–Crippen LogP) is 2.16. The third-order valence-electron chi connectivity index (χ3n) is 4.20. The quantitative estimate of drug-likeness (QED) is 0.779. The van der Waals surface area contributed by atoms with Crippen LogP contribution in [0, 0.1) is 17.5 Å². The van der Waals surface area contributed by atoms with Gasteiger partial charge in [-0.3, -0.25) is 4.90 Å². The summed E-state index contributed by atoms with van der Waals surface area (Å²) in [6, 6.07) is 1.86. The Bertz CT molecular complexity index is 493. The first-order valence-electron chi connectivity index (χ1n) is 6.14. The minimum absolute atomic E-state index is 0.115. The highest BCUT2D eigenvalue weighted by Gasteiger charge is 2.50. The van der Waals surface area contributed by atoms with Gasteiger partial charge >= 0.3 is 0 Å². The number of halogens is 3. The summed E-state index contributed by atoms with van der Waals surface area (Å²) in [6.07, 6.45) is 2.06. The lowest BCUT2D eigenvalue weighted by atomic mass is 9.85. The Morgan fingerprint density at radius 3 is 2.72 bits per heavy atom. The van der Waals surface area contributed by atoms with E-state index in [1.54, 1.807) is 0 Å². The molecule has 0 saturated carbocycles. The molecule has 2 unspecified atom stereocenters. The van der Waals surface area contributed by atoms with E-state index in [2.05, 4.69) is 4.90 Å². The van der Waals surface area contributed by atoms with E-state index in [1.165, 1.54) is 0 Å². The van der Waals surface area contributed by atoms with Crippen molar-refractivity contribution >= 4 is 0 Å². The lowest BCUT2D eigenvalue weighted by Gasteiger charge is -2.30. The second-order valence-corrected chi connectivity index (χ2v) is 5.09. The SMILES string of the molecule is OC1(c2ccc(F)c(F)c2F)CCN2CCCC21. The third-order valence-corrected chi connectivity index (χ3v) is 4.20. The number of nitrogens with zero attached hydrogens (tertiary/aromatic N) is 1. The highest BCUT2D eigenvalue weighted by molar-refractivity contribution is 5.30. The van der Waals surface area contributed by atoms with E-state index in [0.29, 0.717) is 13.0 Å². The molecule has 1 aromatic carbocycles. The molecule has 3 rings (SSSR count). The van der Waals surface area contributed by atoms with Gasteiger partial charge in [0.25, 0.3) is 0 Å². The maximum absolute atomic E-state index is 13.8. The molecule has 2 nitrogen and oxygen atoms in total. The van der Waals surface area contributed by atoms with Gasteiger partial charge in [-0.2, -0.15) is 0 Å². The van der Waals surface area contributed by atoms with Crippen LogP contribution >= 0.6 is 0 Å². The Morgan fingerprint density at radius 1 is 1.17 bits per heavy atom. The molecule has 2 aliphatic rings. The summed E-state index contributed by atoms with van der Waals surface area (Å²) in [6.45, 7) is 1.54. The van der Waals surface area contributed by atoms with Gasteiger partial charge in [0.2, 0.25) is 0 Å².